The molecule has 1 atom stereocenters. The van der Waals surface area contributed by atoms with Crippen molar-refractivity contribution in [2.24, 2.45) is 0 Å². The summed E-state index contributed by atoms with van der Waals surface area (Å²) in [6, 6.07) is 16.7. The second kappa shape index (κ2) is 10.2. The highest BCUT2D eigenvalue weighted by Crippen LogP contribution is 2.18. The van der Waals surface area contributed by atoms with Gasteiger partial charge in [-0.1, -0.05) is 55.4 Å². The number of anilines is 1. The van der Waals surface area contributed by atoms with Crippen LogP contribution < -0.4 is 10.0 Å². The fourth-order valence-electron chi connectivity index (χ4n) is 2.33. The molecule has 0 fully saturated rings. The Balaban J connectivity index is 2.16. The molecule has 25 heavy (non-hydrogen) atoms. The zero-order valence-electron chi connectivity index (χ0n) is 15.1. The van der Waals surface area contributed by atoms with E-state index in [2.05, 4.69) is 64.9 Å². The van der Waals surface area contributed by atoms with Crippen LogP contribution in [0.3, 0.4) is 0 Å². The molecule has 3 nitrogen and oxygen atoms in total. The summed E-state index contributed by atoms with van der Waals surface area (Å²) in [7, 11) is -0.196. The van der Waals surface area contributed by atoms with Gasteiger partial charge in [0, 0.05) is 17.9 Å². The lowest BCUT2D eigenvalue weighted by atomic mass is 10.1. The van der Waals surface area contributed by atoms with E-state index in [0.29, 0.717) is 5.75 Å². The first-order valence-corrected chi connectivity index (χ1v) is 12.8. The van der Waals surface area contributed by atoms with Crippen LogP contribution in [0, 0.1) is 11.5 Å². The van der Waals surface area contributed by atoms with Gasteiger partial charge in [-0.05, 0) is 36.7 Å². The maximum absolute atomic E-state index is 11.6. The van der Waals surface area contributed by atoms with Gasteiger partial charge >= 0.3 is 0 Å². The van der Waals surface area contributed by atoms with Crippen molar-refractivity contribution < 1.29 is 4.21 Å². The molecule has 2 aromatic rings. The molecule has 1 unspecified atom stereocenters. The standard InChI is InChI=1S/C20H26N2OSSi/c1-21-24(23)13-11-17-9-10-20(19(15-17)12-14-25(2)3)22-16-18-7-5-4-6-8-18/h4-10,15,21-22,25H,11,13,16H2,1-3H3. The Kier molecular flexibility index (Phi) is 7.93. The highest BCUT2D eigenvalue weighted by molar-refractivity contribution is 7.82. The molecular formula is C20H26N2OSSi. The quantitative estimate of drug-likeness (QED) is 0.581. The molecule has 0 aliphatic heterocycles. The topological polar surface area (TPSA) is 41.1 Å². The second-order valence-electron chi connectivity index (χ2n) is 6.15. The summed E-state index contributed by atoms with van der Waals surface area (Å²) in [5.74, 6) is 3.96. The summed E-state index contributed by atoms with van der Waals surface area (Å²) in [5.41, 5.74) is 7.89. The first-order valence-electron chi connectivity index (χ1n) is 8.56. The van der Waals surface area contributed by atoms with Crippen LogP contribution in [0.2, 0.25) is 13.1 Å². The van der Waals surface area contributed by atoms with E-state index in [1.807, 2.05) is 18.2 Å². The van der Waals surface area contributed by atoms with Crippen molar-refractivity contribution in [3.8, 4) is 11.5 Å². The average Bonchev–Trinajstić information content (AvgIpc) is 2.64. The molecule has 0 aliphatic rings. The third kappa shape index (κ3) is 6.87. The molecule has 0 saturated heterocycles. The number of aryl methyl sites for hydroxylation is 1. The molecule has 2 N–H and O–H groups in total. The van der Waals surface area contributed by atoms with Crippen LogP contribution in [0.4, 0.5) is 5.69 Å². The van der Waals surface area contributed by atoms with Crippen molar-refractivity contribution in [3.63, 3.8) is 0 Å². The fourth-order valence-corrected chi connectivity index (χ4v) is 3.40. The molecule has 5 heteroatoms. The minimum Gasteiger partial charge on any atom is -0.380 e. The molecule has 0 aromatic heterocycles. The predicted octanol–water partition coefficient (Wildman–Crippen LogP) is 3.10. The smallest absolute Gasteiger partial charge is 0.117 e. The number of rotatable bonds is 7. The molecule has 2 rings (SSSR count). The van der Waals surface area contributed by atoms with Gasteiger partial charge < -0.3 is 5.32 Å². The van der Waals surface area contributed by atoms with Gasteiger partial charge in [-0.25, -0.2) is 8.93 Å². The molecule has 0 radical (unpaired) electrons. The summed E-state index contributed by atoms with van der Waals surface area (Å²) < 4.78 is 14.4. The lowest BCUT2D eigenvalue weighted by Gasteiger charge is -2.11. The SMILES string of the molecule is CNS(=O)CCc1ccc(NCc2ccccc2)c(C#C[SiH](C)C)c1. The average molecular weight is 371 g/mol. The number of nitrogens with one attached hydrogen (secondary N) is 2. The third-order valence-corrected chi connectivity index (χ3v) is 5.46. The first-order chi connectivity index (χ1) is 12.1. The number of hydrogen-bond acceptors (Lipinski definition) is 2. The maximum Gasteiger partial charge on any atom is 0.117 e. The Bertz CT molecular complexity index is 766. The van der Waals surface area contributed by atoms with Crippen molar-refractivity contribution in [1.29, 1.82) is 0 Å². The molecule has 0 saturated carbocycles. The summed E-state index contributed by atoms with van der Waals surface area (Å²) in [5, 5.41) is 3.50. The van der Waals surface area contributed by atoms with Gasteiger partial charge in [0.15, 0.2) is 0 Å². The van der Waals surface area contributed by atoms with Crippen LogP contribution >= 0.6 is 0 Å². The zero-order valence-corrected chi connectivity index (χ0v) is 17.1. The van der Waals surface area contributed by atoms with E-state index in [1.54, 1.807) is 7.05 Å². The molecule has 0 spiro atoms. The van der Waals surface area contributed by atoms with E-state index < -0.39 is 19.8 Å². The zero-order chi connectivity index (χ0) is 18.1. The molecule has 2 aromatic carbocycles. The summed E-state index contributed by atoms with van der Waals surface area (Å²) in [6.45, 7) is 5.23. The van der Waals surface area contributed by atoms with Gasteiger partial charge in [-0.15, -0.1) is 5.54 Å². The highest BCUT2D eigenvalue weighted by atomic mass is 32.2. The van der Waals surface area contributed by atoms with Crippen LogP contribution in [0.25, 0.3) is 0 Å². The normalized spacial score (nSPS) is 11.7. The highest BCUT2D eigenvalue weighted by Gasteiger charge is 2.05. The van der Waals surface area contributed by atoms with E-state index in [-0.39, 0.29) is 0 Å². The lowest BCUT2D eigenvalue weighted by Crippen LogP contribution is -2.15. The van der Waals surface area contributed by atoms with Crippen LogP contribution in [-0.2, 0) is 24.0 Å². The minimum absolute atomic E-state index is 0.610. The van der Waals surface area contributed by atoms with Gasteiger partial charge in [0.1, 0.15) is 8.80 Å². The van der Waals surface area contributed by atoms with Gasteiger partial charge in [-0.3, -0.25) is 0 Å². The van der Waals surface area contributed by atoms with Crippen molar-refractivity contribution >= 4 is 25.5 Å². The van der Waals surface area contributed by atoms with E-state index in [4.69, 9.17) is 0 Å². The number of hydrogen-bond donors (Lipinski definition) is 2. The van der Waals surface area contributed by atoms with Crippen LogP contribution in [-0.4, -0.2) is 25.8 Å². The van der Waals surface area contributed by atoms with Crippen molar-refractivity contribution in [3.05, 3.63) is 65.2 Å². The van der Waals surface area contributed by atoms with Crippen LogP contribution in [0.1, 0.15) is 16.7 Å². The minimum atomic E-state index is -0.974. The van der Waals surface area contributed by atoms with E-state index in [1.165, 1.54) is 11.1 Å². The third-order valence-electron chi connectivity index (χ3n) is 3.71. The summed E-state index contributed by atoms with van der Waals surface area (Å²) in [4.78, 5) is 0. The summed E-state index contributed by atoms with van der Waals surface area (Å²) in [6.07, 6.45) is 0.778. The van der Waals surface area contributed by atoms with Crippen molar-refractivity contribution in [2.75, 3.05) is 18.1 Å². The van der Waals surface area contributed by atoms with Gasteiger partial charge in [0.2, 0.25) is 0 Å². The Morgan fingerprint density at radius 3 is 2.52 bits per heavy atom. The van der Waals surface area contributed by atoms with E-state index in [9.17, 15) is 4.21 Å². The Morgan fingerprint density at radius 1 is 1.08 bits per heavy atom. The Morgan fingerprint density at radius 2 is 1.84 bits per heavy atom. The molecule has 132 valence electrons. The van der Waals surface area contributed by atoms with Crippen LogP contribution in [0.15, 0.2) is 48.5 Å². The molecule has 0 aliphatic carbocycles. The van der Waals surface area contributed by atoms with Crippen molar-refractivity contribution in [1.82, 2.24) is 4.72 Å². The van der Waals surface area contributed by atoms with E-state index >= 15 is 0 Å². The molecule has 0 bridgehead atoms. The Labute approximate surface area is 155 Å². The monoisotopic (exact) mass is 370 g/mol. The van der Waals surface area contributed by atoms with Crippen LogP contribution in [0.5, 0.6) is 0 Å². The lowest BCUT2D eigenvalue weighted by molar-refractivity contribution is 0.677. The molecule has 0 heterocycles. The fraction of sp³-hybridized carbons (Fsp3) is 0.300. The van der Waals surface area contributed by atoms with Crippen molar-refractivity contribution in [2.45, 2.75) is 26.1 Å². The predicted molar refractivity (Wildman–Crippen MR) is 112 cm³/mol. The second-order valence-corrected chi connectivity index (χ2v) is 10.3. The largest absolute Gasteiger partial charge is 0.380 e. The van der Waals surface area contributed by atoms with Gasteiger partial charge in [-0.2, -0.15) is 0 Å². The molecule has 0 amide bonds. The van der Waals surface area contributed by atoms with E-state index in [0.717, 1.165) is 24.2 Å². The maximum atomic E-state index is 11.6. The Hall–Kier alpha value is -1.87. The first kappa shape index (κ1) is 19.5. The number of benzene rings is 2. The van der Waals surface area contributed by atoms with Gasteiger partial charge in [0.05, 0.1) is 16.7 Å². The molecular weight excluding hydrogens is 344 g/mol. The summed E-state index contributed by atoms with van der Waals surface area (Å²) >= 11 is 0. The van der Waals surface area contributed by atoms with Gasteiger partial charge in [0.25, 0.3) is 0 Å².